The van der Waals surface area contributed by atoms with E-state index in [0.717, 1.165) is 12.1 Å². The van der Waals surface area contributed by atoms with Crippen LogP contribution in [0.25, 0.3) is 10.1 Å². The molecule has 0 aliphatic carbocycles. The van der Waals surface area contributed by atoms with Crippen LogP contribution in [0.1, 0.15) is 43.2 Å². The van der Waals surface area contributed by atoms with Gasteiger partial charge in [-0.2, -0.15) is 35.1 Å². The lowest BCUT2D eigenvalue weighted by Gasteiger charge is -2.25. The zero-order valence-electron chi connectivity index (χ0n) is 18.2. The van der Waals surface area contributed by atoms with Gasteiger partial charge in [0.25, 0.3) is 0 Å². The summed E-state index contributed by atoms with van der Waals surface area (Å²) in [6, 6.07) is -0.787. The van der Waals surface area contributed by atoms with Gasteiger partial charge in [-0.05, 0) is 53.9 Å². The zero-order valence-corrected chi connectivity index (χ0v) is 21.5. The number of nitrogens with two attached hydrogens (primary N) is 1. The summed E-state index contributed by atoms with van der Waals surface area (Å²) >= 11 is 3.26. The fourth-order valence-electron chi connectivity index (χ4n) is 2.95. The number of rotatable bonds is 11. The van der Waals surface area contributed by atoms with Crippen LogP contribution in [0.15, 0.2) is 16.6 Å². The van der Waals surface area contributed by atoms with E-state index in [1.807, 2.05) is 0 Å². The molecule has 0 aliphatic heterocycles. The molecule has 2 aromatic rings. The van der Waals surface area contributed by atoms with Crippen LogP contribution >= 0.6 is 34.9 Å². The fraction of sp³-hybridized carbons (Fsp3) is 0.579. The first-order chi connectivity index (χ1) is 16.0. The average Bonchev–Trinajstić information content (AvgIpc) is 3.06. The van der Waals surface area contributed by atoms with Gasteiger partial charge in [0.1, 0.15) is 16.7 Å². The third-order valence-corrected chi connectivity index (χ3v) is 9.14. The van der Waals surface area contributed by atoms with Crippen LogP contribution in [0.5, 0.6) is 5.75 Å². The van der Waals surface area contributed by atoms with Crippen molar-refractivity contribution in [3.05, 3.63) is 27.0 Å². The normalized spacial score (nSPS) is 14.5. The first kappa shape index (κ1) is 30.2. The largest absolute Gasteiger partial charge is 0.492 e. The molecule has 2 rings (SSSR count). The minimum Gasteiger partial charge on any atom is -0.492 e. The summed E-state index contributed by atoms with van der Waals surface area (Å²) in [7, 11) is -5.07. The smallest absolute Gasteiger partial charge is 0.407 e. The molecule has 2 N–H and O–H groups in total. The molecule has 0 fully saturated rings. The van der Waals surface area contributed by atoms with E-state index in [2.05, 4.69) is 15.9 Å². The van der Waals surface area contributed by atoms with E-state index in [4.69, 9.17) is 19.5 Å². The fourth-order valence-corrected chi connectivity index (χ4v) is 6.96. The van der Waals surface area contributed by atoms with E-state index in [9.17, 15) is 30.9 Å². The second kappa shape index (κ2) is 11.2. The number of halogens is 9. The Labute approximate surface area is 207 Å². The predicted molar refractivity (Wildman–Crippen MR) is 118 cm³/mol. The van der Waals surface area contributed by atoms with E-state index >= 15 is 8.78 Å². The molecule has 0 saturated heterocycles. The summed E-state index contributed by atoms with van der Waals surface area (Å²) in [6.07, 6.45) is -11.1. The Morgan fingerprint density at radius 2 is 1.63 bits per heavy atom. The van der Waals surface area contributed by atoms with Gasteiger partial charge in [-0.15, -0.1) is 11.3 Å². The maximum atomic E-state index is 15.4. The zero-order chi connectivity index (χ0) is 26.8. The Bertz CT molecular complexity index is 1070. The molecule has 1 aromatic heterocycles. The molecular formula is C19H21BrF8NO4PS. The third kappa shape index (κ3) is 6.86. The summed E-state index contributed by atoms with van der Waals surface area (Å²) in [4.78, 5) is -0.879. The van der Waals surface area contributed by atoms with Crippen LogP contribution in [0.3, 0.4) is 0 Å². The van der Waals surface area contributed by atoms with E-state index in [-0.39, 0.29) is 29.0 Å². The topological polar surface area (TPSA) is 70.8 Å². The summed E-state index contributed by atoms with van der Waals surface area (Å²) in [5.74, 6) is -0.380. The molecule has 0 spiro atoms. The highest BCUT2D eigenvalue weighted by Crippen LogP contribution is 2.69. The first-order valence-electron chi connectivity index (χ1n) is 10.0. The highest BCUT2D eigenvalue weighted by atomic mass is 79.9. The van der Waals surface area contributed by atoms with Crippen LogP contribution in [0.4, 0.5) is 35.1 Å². The van der Waals surface area contributed by atoms with E-state index < -0.39 is 66.0 Å². The van der Waals surface area contributed by atoms with Crippen molar-refractivity contribution in [3.8, 4) is 5.75 Å². The number of hydrogen-bond acceptors (Lipinski definition) is 6. The summed E-state index contributed by atoms with van der Waals surface area (Å²) in [5, 5.41) is -0.188. The lowest BCUT2D eigenvalue weighted by atomic mass is 10.0. The lowest BCUT2D eigenvalue weighted by Crippen LogP contribution is -2.28. The molecule has 0 saturated carbocycles. The van der Waals surface area contributed by atoms with Crippen molar-refractivity contribution in [2.45, 2.75) is 50.7 Å². The highest BCUT2D eigenvalue weighted by Gasteiger charge is 2.57. The van der Waals surface area contributed by atoms with Crippen molar-refractivity contribution in [1.82, 2.24) is 0 Å². The molecule has 16 heteroatoms. The molecule has 0 radical (unpaired) electrons. The monoisotopic (exact) mass is 621 g/mol. The Morgan fingerprint density at radius 3 is 2.11 bits per heavy atom. The van der Waals surface area contributed by atoms with Gasteiger partial charge in [0, 0.05) is 16.3 Å². The Balaban J connectivity index is 2.65. The molecule has 1 heterocycles. The van der Waals surface area contributed by atoms with E-state index in [1.165, 1.54) is 13.8 Å². The van der Waals surface area contributed by atoms with E-state index in [0.29, 0.717) is 11.3 Å². The van der Waals surface area contributed by atoms with Crippen LogP contribution < -0.4 is 10.5 Å². The Morgan fingerprint density at radius 1 is 1.06 bits per heavy atom. The standard InChI is InChI=1S/C19H21BrF8NO4PS/c1-3-32-34(30,33-4-2)19(27,28)16-13(20)11-8-10(15(29)18(24,25)26)9-12(14(11)35-16)31-7-5-6-17(21,22)23/h8-9,15H,3-7,29H2,1-2H3/t15-/m1/s1. The van der Waals surface area contributed by atoms with Gasteiger partial charge in [-0.25, -0.2) is 0 Å². The molecule has 0 aliphatic rings. The van der Waals surface area contributed by atoms with Gasteiger partial charge in [-0.1, -0.05) is 0 Å². The van der Waals surface area contributed by atoms with Crippen molar-refractivity contribution in [2.75, 3.05) is 19.8 Å². The van der Waals surface area contributed by atoms with Crippen LogP contribution in [-0.2, 0) is 19.3 Å². The van der Waals surface area contributed by atoms with Crippen molar-refractivity contribution in [3.63, 3.8) is 0 Å². The molecule has 0 bridgehead atoms. The molecule has 35 heavy (non-hydrogen) atoms. The lowest BCUT2D eigenvalue weighted by molar-refractivity contribution is -0.149. The second-order valence-electron chi connectivity index (χ2n) is 7.10. The van der Waals surface area contributed by atoms with Gasteiger partial charge in [0.05, 0.1) is 24.5 Å². The highest BCUT2D eigenvalue weighted by molar-refractivity contribution is 9.10. The maximum Gasteiger partial charge on any atom is 0.407 e. The summed E-state index contributed by atoms with van der Waals surface area (Å²) in [5.41, 5.74) is 0.473. The first-order valence-corrected chi connectivity index (χ1v) is 13.2. The van der Waals surface area contributed by atoms with Crippen molar-refractivity contribution >= 4 is 44.9 Å². The van der Waals surface area contributed by atoms with Crippen molar-refractivity contribution in [1.29, 1.82) is 0 Å². The van der Waals surface area contributed by atoms with Crippen LogP contribution in [-0.4, -0.2) is 32.2 Å². The van der Waals surface area contributed by atoms with Crippen LogP contribution in [0, 0.1) is 0 Å². The van der Waals surface area contributed by atoms with Crippen LogP contribution in [0.2, 0.25) is 0 Å². The average molecular weight is 622 g/mol. The number of benzene rings is 1. The van der Waals surface area contributed by atoms with Gasteiger partial charge in [0.15, 0.2) is 0 Å². The van der Waals surface area contributed by atoms with E-state index in [1.54, 1.807) is 0 Å². The molecule has 0 amide bonds. The molecule has 200 valence electrons. The summed E-state index contributed by atoms with van der Waals surface area (Å²) < 4.78 is 135. The minimum absolute atomic E-state index is 0.115. The molecule has 5 nitrogen and oxygen atoms in total. The maximum absolute atomic E-state index is 15.4. The van der Waals surface area contributed by atoms with Gasteiger partial charge in [-0.3, -0.25) is 4.57 Å². The predicted octanol–water partition coefficient (Wildman–Crippen LogP) is 8.26. The second-order valence-corrected chi connectivity index (χ2v) is 11.0. The number of alkyl halides is 8. The van der Waals surface area contributed by atoms with Crippen molar-refractivity contribution in [2.24, 2.45) is 5.73 Å². The molecular weight excluding hydrogens is 601 g/mol. The Hall–Kier alpha value is -0.990. The molecule has 1 atom stereocenters. The third-order valence-electron chi connectivity index (χ3n) is 4.51. The van der Waals surface area contributed by atoms with Gasteiger partial charge >= 0.3 is 25.6 Å². The molecule has 1 aromatic carbocycles. The summed E-state index contributed by atoms with van der Waals surface area (Å²) in [6.45, 7) is 1.32. The van der Waals surface area contributed by atoms with Gasteiger partial charge < -0.3 is 19.5 Å². The minimum atomic E-state index is -5.07. The molecule has 0 unspecified atom stereocenters. The van der Waals surface area contributed by atoms with Gasteiger partial charge in [0.2, 0.25) is 0 Å². The number of thiophene rings is 1. The SMILES string of the molecule is CCOP(=O)(OCC)C(F)(F)c1sc2c(OCCCC(F)(F)F)cc([C@@H](N)C(F)(F)F)cc2c1Br. The Kier molecular flexibility index (Phi) is 9.66. The quantitative estimate of drug-likeness (QED) is 0.155. The van der Waals surface area contributed by atoms with Crippen molar-refractivity contribution < 1.29 is 53.5 Å². The number of ether oxygens (including phenoxy) is 1. The number of fused-ring (bicyclic) bond motifs is 1. The number of hydrogen-bond donors (Lipinski definition) is 1.